The maximum absolute atomic E-state index is 15.5. The average Bonchev–Trinajstić information content (AvgIpc) is 3.82. The number of oxime groups is 1. The third-order valence-corrected chi connectivity index (χ3v) is 14.1. The molecule has 1 amide bonds. The fourth-order valence-corrected chi connectivity index (χ4v) is 10.9. The van der Waals surface area contributed by atoms with E-state index in [2.05, 4.69) is 36.9 Å². The Bertz CT molecular complexity index is 2480. The summed E-state index contributed by atoms with van der Waals surface area (Å²) < 4.78 is 32.8. The Hall–Kier alpha value is -5.78. The Balaban J connectivity index is 1.32. The van der Waals surface area contributed by atoms with Gasteiger partial charge in [0.15, 0.2) is 11.5 Å². The zero-order valence-corrected chi connectivity index (χ0v) is 40.1. The third kappa shape index (κ3) is 10.9. The van der Waals surface area contributed by atoms with Crippen molar-refractivity contribution < 1.29 is 43.5 Å². The minimum Gasteiger partial charge on any atom is -0.493 e. The van der Waals surface area contributed by atoms with Crippen LogP contribution in [0.2, 0.25) is 0 Å². The van der Waals surface area contributed by atoms with Crippen LogP contribution < -0.4 is 18.9 Å². The van der Waals surface area contributed by atoms with E-state index in [-0.39, 0.29) is 63.2 Å². The molecule has 12 nitrogen and oxygen atoms in total. The highest BCUT2D eigenvalue weighted by Crippen LogP contribution is 2.62. The number of hydrogen-bond acceptors (Lipinski definition) is 12. The van der Waals surface area contributed by atoms with Gasteiger partial charge in [0.25, 0.3) is 5.91 Å². The van der Waals surface area contributed by atoms with Crippen molar-refractivity contribution in [2.75, 3.05) is 39.0 Å². The van der Waals surface area contributed by atoms with Crippen LogP contribution in [0, 0.1) is 29.1 Å². The molecule has 2 N–H and O–H groups in total. The van der Waals surface area contributed by atoms with Gasteiger partial charge in [-0.15, -0.1) is 18.3 Å². The molecule has 0 radical (unpaired) electrons. The lowest BCUT2D eigenvalue weighted by molar-refractivity contribution is -0.255. The van der Waals surface area contributed by atoms with E-state index in [0.717, 1.165) is 53.9 Å². The number of thioether (sulfide) groups is 1. The molecule has 13 heteroatoms. The van der Waals surface area contributed by atoms with E-state index in [1.165, 1.54) is 4.90 Å². The number of aliphatic hydroxyl groups excluding tert-OH is 2. The van der Waals surface area contributed by atoms with Crippen LogP contribution in [0.15, 0.2) is 125 Å². The number of hydrogen-bond donors (Lipinski definition) is 2. The molecule has 6 atom stereocenters. The van der Waals surface area contributed by atoms with Gasteiger partial charge in [-0.25, -0.2) is 0 Å². The van der Waals surface area contributed by atoms with Crippen molar-refractivity contribution in [1.29, 1.82) is 5.26 Å². The lowest BCUT2D eigenvalue weighted by Gasteiger charge is -2.60. The molecule has 0 saturated heterocycles. The van der Waals surface area contributed by atoms with Gasteiger partial charge in [-0.3, -0.25) is 4.79 Å². The Morgan fingerprint density at radius 3 is 2.44 bits per heavy atom. The molecule has 4 aromatic carbocycles. The van der Waals surface area contributed by atoms with Crippen LogP contribution in [0.25, 0.3) is 0 Å². The maximum Gasteiger partial charge on any atom is 0.254 e. The van der Waals surface area contributed by atoms with Crippen molar-refractivity contribution in [2.45, 2.75) is 101 Å². The molecule has 2 heterocycles. The van der Waals surface area contributed by atoms with Crippen LogP contribution in [0.1, 0.15) is 98.7 Å². The summed E-state index contributed by atoms with van der Waals surface area (Å²) in [7, 11) is 0. The van der Waals surface area contributed by atoms with Crippen LogP contribution >= 0.6 is 11.8 Å². The molecule has 1 fully saturated rings. The molecular formula is C55H63N3O9S. The second kappa shape index (κ2) is 22.1. The SMILES string of the molecule is C=CCO[C@@]12Oc3ccc(OCCSc4ccccc4)cc3[C@H]3[C@H](CCCCO)[C@@H](CCCCO)C=C(C(=NOC(C)(C)C)C[C@@H]1N(Cc1ccc4c(c1)OCO4)C(=O)c1ccc(C#N)cc1)[C@H]32. The van der Waals surface area contributed by atoms with Crippen LogP contribution in [0.3, 0.4) is 0 Å². The number of carbonyl (C=O) groups is 1. The number of aliphatic hydroxyl groups is 2. The number of carbonyl (C=O) groups excluding carboxylic acids is 1. The summed E-state index contributed by atoms with van der Waals surface area (Å²) in [5.41, 5.74) is 3.61. The van der Waals surface area contributed by atoms with Crippen LogP contribution in [0.4, 0.5) is 0 Å². The van der Waals surface area contributed by atoms with Gasteiger partial charge >= 0.3 is 0 Å². The number of nitriles is 1. The van der Waals surface area contributed by atoms with E-state index in [0.29, 0.717) is 53.5 Å². The number of benzene rings is 4. The summed E-state index contributed by atoms with van der Waals surface area (Å²) in [5.74, 6) is 0.902. The van der Waals surface area contributed by atoms with E-state index >= 15 is 4.79 Å². The Kier molecular flexibility index (Phi) is 15.8. The number of nitrogens with zero attached hydrogens (tertiary/aromatic N) is 3. The summed E-state index contributed by atoms with van der Waals surface area (Å²) in [6, 6.07) is 30.1. The molecule has 8 rings (SSSR count). The van der Waals surface area contributed by atoms with Crippen LogP contribution in [0.5, 0.6) is 23.0 Å². The topological polar surface area (TPSA) is 152 Å². The van der Waals surface area contributed by atoms with Crippen molar-refractivity contribution in [1.82, 2.24) is 4.90 Å². The van der Waals surface area contributed by atoms with Crippen molar-refractivity contribution >= 4 is 23.4 Å². The zero-order chi connectivity index (χ0) is 47.7. The van der Waals surface area contributed by atoms with Crippen LogP contribution in [-0.2, 0) is 16.1 Å². The fraction of sp³-hybridized carbons (Fsp3) is 0.436. The largest absolute Gasteiger partial charge is 0.493 e. The smallest absolute Gasteiger partial charge is 0.254 e. The summed E-state index contributed by atoms with van der Waals surface area (Å²) >= 11 is 1.74. The number of amides is 1. The standard InChI is InChI=1S/C55H63N3O9S/c1-5-27-65-55-50(58(53(61)39-20-17-37(34-56)18-21-39)35-38-19-23-48-49(30-38)64-36-63-48)33-46(57-67-54(2,3)4)44-31-40(13-9-11-25-59)43(16-10-12-26-60)51(52(44)55)45-32-41(22-24-47(45)66-55)62-28-29-68-42-14-7-6-8-15-42/h5-8,14-15,17-24,30-32,40,43,50-52,59-60H,1,9-13,16,25-29,33,35-36H2,2-4H3/t40-,43+,50-,51+,52+,55+/m0/s1. The van der Waals surface area contributed by atoms with Gasteiger partial charge in [0.1, 0.15) is 23.1 Å². The summed E-state index contributed by atoms with van der Waals surface area (Å²) in [5, 5.41) is 34.8. The molecule has 0 unspecified atom stereocenters. The molecule has 2 aliphatic heterocycles. The van der Waals surface area contributed by atoms with Gasteiger partial charge in [0.2, 0.25) is 12.6 Å². The zero-order valence-electron chi connectivity index (χ0n) is 39.3. The number of ether oxygens (including phenoxy) is 5. The Morgan fingerprint density at radius 1 is 0.956 bits per heavy atom. The van der Waals surface area contributed by atoms with Gasteiger partial charge in [-0.1, -0.05) is 54.4 Å². The van der Waals surface area contributed by atoms with Crippen molar-refractivity contribution in [2.24, 2.45) is 22.9 Å². The quantitative estimate of drug-likeness (QED) is 0.0355. The molecule has 1 saturated carbocycles. The van der Waals surface area contributed by atoms with E-state index < -0.39 is 23.3 Å². The molecule has 4 aromatic rings. The average molecular weight is 942 g/mol. The first-order chi connectivity index (χ1) is 33.0. The minimum absolute atomic E-state index is 0.0345. The monoisotopic (exact) mass is 941 g/mol. The van der Waals surface area contributed by atoms with E-state index in [1.807, 2.05) is 74.2 Å². The molecule has 0 spiro atoms. The highest BCUT2D eigenvalue weighted by molar-refractivity contribution is 7.99. The normalized spacial score (nSPS) is 22.8. The predicted octanol–water partition coefficient (Wildman–Crippen LogP) is 10.2. The first kappa shape index (κ1) is 48.7. The van der Waals surface area contributed by atoms with Gasteiger partial charge in [-0.05, 0) is 136 Å². The van der Waals surface area contributed by atoms with Gasteiger partial charge in [-0.2, -0.15) is 5.26 Å². The second-order valence-electron chi connectivity index (χ2n) is 18.8. The van der Waals surface area contributed by atoms with E-state index in [1.54, 1.807) is 42.1 Å². The molecule has 68 heavy (non-hydrogen) atoms. The third-order valence-electron chi connectivity index (χ3n) is 13.1. The number of unbranched alkanes of at least 4 members (excludes halogenated alkanes) is 2. The molecule has 358 valence electrons. The molecule has 2 aliphatic carbocycles. The van der Waals surface area contributed by atoms with E-state index in [9.17, 15) is 15.5 Å². The Morgan fingerprint density at radius 2 is 1.71 bits per heavy atom. The number of rotatable bonds is 21. The van der Waals surface area contributed by atoms with Crippen molar-refractivity contribution in [3.8, 4) is 29.1 Å². The fourth-order valence-electron chi connectivity index (χ4n) is 10.2. The van der Waals surface area contributed by atoms with Gasteiger partial charge < -0.3 is 43.6 Å². The second-order valence-corrected chi connectivity index (χ2v) is 20.0. The maximum atomic E-state index is 15.5. The number of allylic oxidation sites excluding steroid dienone is 1. The predicted molar refractivity (Wildman–Crippen MR) is 262 cm³/mol. The minimum atomic E-state index is -1.49. The first-order valence-corrected chi connectivity index (χ1v) is 24.8. The van der Waals surface area contributed by atoms with Gasteiger partial charge in [0, 0.05) is 53.9 Å². The van der Waals surface area contributed by atoms with Crippen molar-refractivity contribution in [3.05, 3.63) is 138 Å². The molecular weight excluding hydrogens is 879 g/mol. The summed E-state index contributed by atoms with van der Waals surface area (Å²) in [4.78, 5) is 24.8. The lowest BCUT2D eigenvalue weighted by atomic mass is 9.55. The molecule has 0 aromatic heterocycles. The first-order valence-electron chi connectivity index (χ1n) is 23.8. The summed E-state index contributed by atoms with van der Waals surface area (Å²) in [6.07, 6.45) is 8.81. The summed E-state index contributed by atoms with van der Waals surface area (Å²) in [6.45, 7) is 11.0. The van der Waals surface area contributed by atoms with Crippen molar-refractivity contribution in [3.63, 3.8) is 0 Å². The highest BCUT2D eigenvalue weighted by Gasteiger charge is 2.65. The molecule has 4 aliphatic rings. The van der Waals surface area contributed by atoms with Gasteiger partial charge in [0.05, 0.1) is 36.5 Å². The Labute approximate surface area is 404 Å². The molecule has 0 bridgehead atoms. The highest BCUT2D eigenvalue weighted by atomic mass is 32.2. The number of fused-ring (bicyclic) bond motifs is 3. The lowest BCUT2D eigenvalue weighted by Crippen LogP contribution is -2.70. The van der Waals surface area contributed by atoms with Crippen LogP contribution in [-0.4, -0.2) is 83.1 Å². The van der Waals surface area contributed by atoms with E-state index in [4.69, 9.17) is 33.7 Å².